The molecule has 1 aliphatic carbocycles. The van der Waals surface area contributed by atoms with Crippen LogP contribution in [-0.2, 0) is 9.59 Å². The van der Waals surface area contributed by atoms with Gasteiger partial charge in [-0.2, -0.15) is 0 Å². The third-order valence-electron chi connectivity index (χ3n) is 8.08. The van der Waals surface area contributed by atoms with Gasteiger partial charge >= 0.3 is 0 Å². The van der Waals surface area contributed by atoms with E-state index < -0.39 is 12.1 Å². The van der Waals surface area contributed by atoms with E-state index in [2.05, 4.69) is 20.6 Å². The van der Waals surface area contributed by atoms with Crippen LogP contribution < -0.4 is 15.0 Å². The lowest BCUT2D eigenvalue weighted by Crippen LogP contribution is -2.49. The smallest absolute Gasteiger partial charge is 0.252 e. The van der Waals surface area contributed by atoms with Crippen LogP contribution in [0.1, 0.15) is 56.7 Å². The quantitative estimate of drug-likeness (QED) is 0.258. The van der Waals surface area contributed by atoms with Crippen molar-refractivity contribution in [2.24, 2.45) is 0 Å². The van der Waals surface area contributed by atoms with Crippen molar-refractivity contribution in [2.75, 3.05) is 12.0 Å². The molecule has 1 N–H and O–H groups in total. The maximum atomic E-state index is 14.7. The van der Waals surface area contributed by atoms with E-state index in [1.165, 1.54) is 6.42 Å². The number of carbonyl (C=O) groups is 2. The molecule has 42 heavy (non-hydrogen) atoms. The van der Waals surface area contributed by atoms with Crippen molar-refractivity contribution in [1.29, 1.82) is 0 Å². The third-order valence-corrected chi connectivity index (χ3v) is 8.08. The van der Waals surface area contributed by atoms with Crippen molar-refractivity contribution in [3.63, 3.8) is 0 Å². The lowest BCUT2D eigenvalue weighted by molar-refractivity contribution is -0.128. The number of anilines is 1. The van der Waals surface area contributed by atoms with Crippen molar-refractivity contribution in [3.05, 3.63) is 90.6 Å². The molecule has 1 saturated carbocycles. The molecule has 9 nitrogen and oxygen atoms in total. The van der Waals surface area contributed by atoms with E-state index in [1.54, 1.807) is 29.8 Å². The molecule has 0 bridgehead atoms. The van der Waals surface area contributed by atoms with Crippen molar-refractivity contribution in [3.8, 4) is 5.75 Å². The molecule has 214 valence electrons. The number of fused-ring (bicyclic) bond motifs is 2. The van der Waals surface area contributed by atoms with Crippen molar-refractivity contribution in [2.45, 2.75) is 57.2 Å². The molecular weight excluding hydrogens is 528 g/mol. The number of amides is 2. The van der Waals surface area contributed by atoms with Crippen LogP contribution in [0.3, 0.4) is 0 Å². The Kier molecular flexibility index (Phi) is 7.81. The molecule has 2 heterocycles. The van der Waals surface area contributed by atoms with Crippen LogP contribution in [0.15, 0.2) is 85.1 Å². The maximum Gasteiger partial charge on any atom is 0.252 e. The first-order valence-electron chi connectivity index (χ1n) is 14.5. The summed E-state index contributed by atoms with van der Waals surface area (Å²) in [5, 5.41) is 12.7. The summed E-state index contributed by atoms with van der Waals surface area (Å²) in [5.41, 5.74) is 3.42. The number of pyridine rings is 1. The Morgan fingerprint density at radius 3 is 2.43 bits per heavy atom. The van der Waals surface area contributed by atoms with Gasteiger partial charge in [-0.15, -0.1) is 5.10 Å². The molecule has 0 radical (unpaired) electrons. The van der Waals surface area contributed by atoms with E-state index in [4.69, 9.17) is 4.74 Å². The number of hydrogen-bond acceptors (Lipinski definition) is 6. The van der Waals surface area contributed by atoms with Gasteiger partial charge in [0, 0.05) is 11.4 Å². The predicted octanol–water partition coefficient (Wildman–Crippen LogP) is 5.77. The molecule has 2 aromatic heterocycles. The predicted molar refractivity (Wildman–Crippen MR) is 162 cm³/mol. The molecule has 1 fully saturated rings. The lowest BCUT2D eigenvalue weighted by atomic mass is 9.94. The summed E-state index contributed by atoms with van der Waals surface area (Å²) < 4.78 is 7.00. The van der Waals surface area contributed by atoms with E-state index >= 15 is 0 Å². The zero-order valence-electron chi connectivity index (χ0n) is 23.8. The maximum absolute atomic E-state index is 14.7. The Morgan fingerprint density at radius 1 is 0.952 bits per heavy atom. The van der Waals surface area contributed by atoms with E-state index in [1.807, 2.05) is 78.9 Å². The number of methoxy groups -OCH3 is 1. The standard InChI is InChI=1S/C33H34N6O3/c1-22(39-30-15-9-8-14-29(30)36-37-39)33(41)38(26-20-24-10-6-7-13-28(24)34-21-26)31(23-16-18-27(42-2)19-17-23)32(40)35-25-11-4-3-5-12-25/h6-10,13-22,25,31H,3-5,11-12H2,1-2H3,(H,35,40). The van der Waals surface area contributed by atoms with Crippen LogP contribution in [0.5, 0.6) is 5.75 Å². The Morgan fingerprint density at radius 2 is 1.67 bits per heavy atom. The van der Waals surface area contributed by atoms with E-state index in [0.29, 0.717) is 22.5 Å². The van der Waals surface area contributed by atoms with Crippen LogP contribution in [0.4, 0.5) is 5.69 Å². The summed E-state index contributed by atoms with van der Waals surface area (Å²) in [5.74, 6) is 0.129. The van der Waals surface area contributed by atoms with Crippen LogP contribution in [0.2, 0.25) is 0 Å². The number of benzene rings is 3. The van der Waals surface area contributed by atoms with Gasteiger partial charge in [0.15, 0.2) is 0 Å². The normalized spacial score (nSPS) is 15.3. The van der Waals surface area contributed by atoms with Crippen molar-refractivity contribution >= 4 is 39.4 Å². The van der Waals surface area contributed by atoms with Gasteiger partial charge in [0.05, 0.1) is 30.0 Å². The Balaban J connectivity index is 1.48. The minimum Gasteiger partial charge on any atom is -0.497 e. The minimum atomic E-state index is -0.953. The van der Waals surface area contributed by atoms with Crippen LogP contribution in [0.25, 0.3) is 21.9 Å². The molecule has 2 amide bonds. The summed E-state index contributed by atoms with van der Waals surface area (Å²) in [4.78, 5) is 35.2. The summed E-state index contributed by atoms with van der Waals surface area (Å²) in [6.07, 6.45) is 6.83. The van der Waals surface area contributed by atoms with E-state index in [0.717, 1.165) is 42.1 Å². The Bertz CT molecular complexity index is 1710. The van der Waals surface area contributed by atoms with Gasteiger partial charge in [0.25, 0.3) is 5.91 Å². The molecule has 9 heteroatoms. The minimum absolute atomic E-state index is 0.0651. The fraction of sp³-hybridized carbons (Fsp3) is 0.303. The molecule has 3 aromatic carbocycles. The highest BCUT2D eigenvalue weighted by Gasteiger charge is 2.37. The van der Waals surface area contributed by atoms with Gasteiger partial charge in [-0.25, -0.2) is 4.68 Å². The van der Waals surface area contributed by atoms with Gasteiger partial charge in [0.1, 0.15) is 23.3 Å². The van der Waals surface area contributed by atoms with E-state index in [9.17, 15) is 9.59 Å². The second-order valence-electron chi connectivity index (χ2n) is 10.8. The lowest BCUT2D eigenvalue weighted by Gasteiger charge is -2.34. The Labute approximate surface area is 244 Å². The van der Waals surface area contributed by atoms with Crippen LogP contribution in [0, 0.1) is 0 Å². The number of hydrogen-bond donors (Lipinski definition) is 1. The van der Waals surface area contributed by atoms with E-state index in [-0.39, 0.29) is 17.9 Å². The summed E-state index contributed by atoms with van der Waals surface area (Å²) >= 11 is 0. The van der Waals surface area contributed by atoms with Crippen molar-refractivity contribution in [1.82, 2.24) is 25.3 Å². The van der Waals surface area contributed by atoms with Gasteiger partial charge in [-0.05, 0) is 61.7 Å². The second kappa shape index (κ2) is 12.0. The molecule has 0 aliphatic heterocycles. The van der Waals surface area contributed by atoms with Gasteiger partial charge in [-0.1, -0.05) is 66.9 Å². The first kappa shape index (κ1) is 27.4. The Hall–Kier alpha value is -4.79. The highest BCUT2D eigenvalue weighted by atomic mass is 16.5. The van der Waals surface area contributed by atoms with Gasteiger partial charge in [0.2, 0.25) is 5.91 Å². The summed E-state index contributed by atoms with van der Waals surface area (Å²) in [6.45, 7) is 1.79. The average Bonchev–Trinajstić information content (AvgIpc) is 3.47. The number of rotatable bonds is 8. The monoisotopic (exact) mass is 562 g/mol. The van der Waals surface area contributed by atoms with Crippen molar-refractivity contribution < 1.29 is 14.3 Å². The number of carbonyl (C=O) groups excluding carboxylic acids is 2. The topological polar surface area (TPSA) is 102 Å². The number of aromatic nitrogens is 4. The zero-order valence-corrected chi connectivity index (χ0v) is 23.8. The van der Waals surface area contributed by atoms with Gasteiger partial charge in [-0.3, -0.25) is 19.5 Å². The molecule has 0 saturated heterocycles. The first-order valence-corrected chi connectivity index (χ1v) is 14.5. The number of ether oxygens (including phenoxy) is 1. The first-order chi connectivity index (χ1) is 20.5. The average molecular weight is 563 g/mol. The number of nitrogens with one attached hydrogen (secondary N) is 1. The zero-order chi connectivity index (χ0) is 29.1. The molecule has 5 aromatic rings. The highest BCUT2D eigenvalue weighted by molar-refractivity contribution is 6.04. The molecule has 1 aliphatic rings. The molecule has 2 unspecified atom stereocenters. The molecular formula is C33H34N6O3. The van der Waals surface area contributed by atoms with Crippen LogP contribution in [-0.4, -0.2) is 44.9 Å². The van der Waals surface area contributed by atoms with Gasteiger partial charge < -0.3 is 10.1 Å². The fourth-order valence-electron chi connectivity index (χ4n) is 5.80. The highest BCUT2D eigenvalue weighted by Crippen LogP contribution is 2.33. The fourth-order valence-corrected chi connectivity index (χ4v) is 5.80. The van der Waals surface area contributed by atoms with Crippen LogP contribution >= 0.6 is 0 Å². The molecule has 6 rings (SSSR count). The summed E-state index contributed by atoms with van der Waals surface area (Å²) in [7, 11) is 1.60. The molecule has 0 spiro atoms. The summed E-state index contributed by atoms with van der Waals surface area (Å²) in [6, 6.07) is 22.8. The SMILES string of the molecule is COc1ccc(C(C(=O)NC2CCCCC2)N(C(=O)C(C)n2nnc3ccccc32)c2cnc3ccccc3c2)cc1. The second-order valence-corrected chi connectivity index (χ2v) is 10.8. The molecule has 2 atom stereocenters. The number of nitrogens with zero attached hydrogens (tertiary/aromatic N) is 5. The third kappa shape index (κ3) is 5.42. The number of para-hydroxylation sites is 2. The largest absolute Gasteiger partial charge is 0.497 e.